The number of rotatable bonds is 5. The molecule has 0 unspecified atom stereocenters. The van der Waals surface area contributed by atoms with Gasteiger partial charge in [0.05, 0.1) is 11.4 Å². The quantitative estimate of drug-likeness (QED) is 0.582. The highest BCUT2D eigenvalue weighted by Crippen LogP contribution is 2.27. The van der Waals surface area contributed by atoms with E-state index in [-0.39, 0.29) is 11.3 Å². The van der Waals surface area contributed by atoms with Gasteiger partial charge in [0, 0.05) is 16.8 Å². The fourth-order valence-electron chi connectivity index (χ4n) is 2.70. The van der Waals surface area contributed by atoms with Gasteiger partial charge in [-0.05, 0) is 43.9 Å². The molecule has 0 aliphatic rings. The molecule has 3 aromatic rings. The van der Waals surface area contributed by atoms with Crippen molar-refractivity contribution in [1.82, 2.24) is 4.90 Å². The summed E-state index contributed by atoms with van der Waals surface area (Å²) in [6.45, 7) is 7.70. The van der Waals surface area contributed by atoms with Gasteiger partial charge < -0.3 is 0 Å². The standard InChI is InChI=1S/C21H23NOS/c1-21(2,3)22(14-16-9-5-4-6-10-16)15-18(23)20-13-17-11-7-8-12-19(17)24-20/h4-13H,14-15H2,1-3H3. The third kappa shape index (κ3) is 3.92. The number of thiophene rings is 1. The van der Waals surface area contributed by atoms with Gasteiger partial charge in [-0.1, -0.05) is 48.5 Å². The van der Waals surface area contributed by atoms with Crippen LogP contribution < -0.4 is 0 Å². The number of Topliss-reactive ketones (excluding diaryl/α,β-unsaturated/α-hetero) is 1. The smallest absolute Gasteiger partial charge is 0.186 e. The molecule has 0 aliphatic heterocycles. The largest absolute Gasteiger partial charge is 0.292 e. The van der Waals surface area contributed by atoms with E-state index in [1.807, 2.05) is 36.4 Å². The first-order valence-electron chi connectivity index (χ1n) is 8.24. The maximum absolute atomic E-state index is 12.8. The number of carbonyl (C=O) groups excluding carboxylic acids is 1. The van der Waals surface area contributed by atoms with Crippen molar-refractivity contribution in [3.8, 4) is 0 Å². The Morgan fingerprint density at radius 3 is 2.33 bits per heavy atom. The third-order valence-corrected chi connectivity index (χ3v) is 5.36. The summed E-state index contributed by atoms with van der Waals surface area (Å²) in [6.07, 6.45) is 0. The second-order valence-corrected chi connectivity index (χ2v) is 8.17. The molecule has 2 aromatic carbocycles. The zero-order chi connectivity index (χ0) is 17.2. The van der Waals surface area contributed by atoms with Crippen LogP contribution in [-0.4, -0.2) is 22.8 Å². The lowest BCUT2D eigenvalue weighted by Crippen LogP contribution is -2.43. The molecule has 1 heterocycles. The molecule has 0 aliphatic carbocycles. The summed E-state index contributed by atoms with van der Waals surface area (Å²) in [6, 6.07) is 20.5. The predicted octanol–water partition coefficient (Wildman–Crippen LogP) is 5.38. The van der Waals surface area contributed by atoms with Gasteiger partial charge >= 0.3 is 0 Å². The average Bonchev–Trinajstić information content (AvgIpc) is 2.98. The van der Waals surface area contributed by atoms with Gasteiger partial charge in [-0.15, -0.1) is 11.3 Å². The number of ketones is 1. The van der Waals surface area contributed by atoms with E-state index in [0.717, 1.165) is 16.8 Å². The van der Waals surface area contributed by atoms with Crippen LogP contribution in [-0.2, 0) is 6.54 Å². The highest BCUT2D eigenvalue weighted by Gasteiger charge is 2.25. The maximum Gasteiger partial charge on any atom is 0.186 e. The molecule has 124 valence electrons. The SMILES string of the molecule is CC(C)(C)N(CC(=O)c1cc2ccccc2s1)Cc1ccccc1. The van der Waals surface area contributed by atoms with Crippen LogP contribution in [0.2, 0.25) is 0 Å². The van der Waals surface area contributed by atoms with Crippen molar-refractivity contribution in [2.75, 3.05) is 6.54 Å². The van der Waals surface area contributed by atoms with Crippen LogP contribution >= 0.6 is 11.3 Å². The van der Waals surface area contributed by atoms with E-state index >= 15 is 0 Å². The minimum Gasteiger partial charge on any atom is -0.292 e. The van der Waals surface area contributed by atoms with Crippen LogP contribution in [0.3, 0.4) is 0 Å². The van der Waals surface area contributed by atoms with Crippen LogP contribution in [0.1, 0.15) is 36.0 Å². The van der Waals surface area contributed by atoms with Crippen molar-refractivity contribution in [1.29, 1.82) is 0 Å². The minimum absolute atomic E-state index is 0.0673. The van der Waals surface area contributed by atoms with Crippen LogP contribution in [0.25, 0.3) is 10.1 Å². The molecule has 3 rings (SSSR count). The van der Waals surface area contributed by atoms with Crippen molar-refractivity contribution >= 4 is 27.2 Å². The van der Waals surface area contributed by atoms with E-state index in [4.69, 9.17) is 0 Å². The lowest BCUT2D eigenvalue weighted by atomic mass is 10.0. The number of benzene rings is 2. The van der Waals surface area contributed by atoms with Crippen molar-refractivity contribution in [3.05, 3.63) is 71.1 Å². The monoisotopic (exact) mass is 337 g/mol. The summed E-state index contributed by atoms with van der Waals surface area (Å²) >= 11 is 1.59. The number of nitrogens with zero attached hydrogens (tertiary/aromatic N) is 1. The number of carbonyl (C=O) groups is 1. The zero-order valence-electron chi connectivity index (χ0n) is 14.5. The van der Waals surface area contributed by atoms with Crippen LogP contribution in [0.4, 0.5) is 0 Å². The summed E-state index contributed by atoms with van der Waals surface area (Å²) in [5, 5.41) is 1.15. The van der Waals surface area contributed by atoms with Crippen molar-refractivity contribution in [2.45, 2.75) is 32.9 Å². The minimum atomic E-state index is -0.0673. The molecule has 0 atom stereocenters. The maximum atomic E-state index is 12.8. The molecule has 0 N–H and O–H groups in total. The van der Waals surface area contributed by atoms with Crippen molar-refractivity contribution in [2.24, 2.45) is 0 Å². The van der Waals surface area contributed by atoms with Crippen LogP contribution in [0, 0.1) is 0 Å². The van der Waals surface area contributed by atoms with Crippen LogP contribution in [0.5, 0.6) is 0 Å². The van der Waals surface area contributed by atoms with Gasteiger partial charge in [-0.3, -0.25) is 9.69 Å². The Hall–Kier alpha value is -1.97. The highest BCUT2D eigenvalue weighted by molar-refractivity contribution is 7.20. The fourth-order valence-corrected chi connectivity index (χ4v) is 3.70. The first-order valence-corrected chi connectivity index (χ1v) is 9.06. The molecule has 1 aromatic heterocycles. The molecular weight excluding hydrogens is 314 g/mol. The molecular formula is C21H23NOS. The number of hydrogen-bond acceptors (Lipinski definition) is 3. The Bertz CT molecular complexity index is 797. The van der Waals surface area contributed by atoms with Gasteiger partial charge in [0.1, 0.15) is 0 Å². The van der Waals surface area contributed by atoms with Gasteiger partial charge in [-0.2, -0.15) is 0 Å². The molecule has 2 nitrogen and oxygen atoms in total. The van der Waals surface area contributed by atoms with Gasteiger partial charge in [0.2, 0.25) is 0 Å². The molecule has 0 bridgehead atoms. The van der Waals surface area contributed by atoms with Gasteiger partial charge in [-0.25, -0.2) is 0 Å². The predicted molar refractivity (Wildman–Crippen MR) is 103 cm³/mol. The Morgan fingerprint density at radius 1 is 1.00 bits per heavy atom. The molecule has 0 fully saturated rings. The van der Waals surface area contributed by atoms with E-state index in [2.05, 4.69) is 49.9 Å². The molecule has 3 heteroatoms. The molecule has 0 saturated heterocycles. The molecule has 0 radical (unpaired) electrons. The summed E-state index contributed by atoms with van der Waals surface area (Å²) in [4.78, 5) is 15.9. The van der Waals surface area contributed by atoms with E-state index in [1.165, 1.54) is 10.3 Å². The molecule has 0 saturated carbocycles. The number of hydrogen-bond donors (Lipinski definition) is 0. The summed E-state index contributed by atoms with van der Waals surface area (Å²) < 4.78 is 1.17. The van der Waals surface area contributed by atoms with Crippen LogP contribution in [0.15, 0.2) is 60.7 Å². The van der Waals surface area contributed by atoms with Gasteiger partial charge in [0.15, 0.2) is 5.78 Å². The Balaban J connectivity index is 1.80. The normalized spacial score (nSPS) is 12.0. The summed E-state index contributed by atoms with van der Waals surface area (Å²) in [5.74, 6) is 0.196. The topological polar surface area (TPSA) is 20.3 Å². The fraction of sp³-hybridized carbons (Fsp3) is 0.286. The number of fused-ring (bicyclic) bond motifs is 1. The average molecular weight is 337 g/mol. The molecule has 24 heavy (non-hydrogen) atoms. The Kier molecular flexibility index (Phi) is 4.83. The summed E-state index contributed by atoms with van der Waals surface area (Å²) in [7, 11) is 0. The molecule has 0 spiro atoms. The highest BCUT2D eigenvalue weighted by atomic mass is 32.1. The van der Waals surface area contributed by atoms with E-state index in [0.29, 0.717) is 6.54 Å². The van der Waals surface area contributed by atoms with Crippen molar-refractivity contribution < 1.29 is 4.79 Å². The second kappa shape index (κ2) is 6.88. The Morgan fingerprint density at radius 2 is 1.67 bits per heavy atom. The first kappa shape index (κ1) is 16.9. The Labute approximate surface area is 147 Å². The van der Waals surface area contributed by atoms with Gasteiger partial charge in [0.25, 0.3) is 0 Å². The van der Waals surface area contributed by atoms with E-state index in [1.54, 1.807) is 11.3 Å². The van der Waals surface area contributed by atoms with E-state index in [9.17, 15) is 4.79 Å². The first-order chi connectivity index (χ1) is 11.4. The third-order valence-electron chi connectivity index (χ3n) is 4.20. The zero-order valence-corrected chi connectivity index (χ0v) is 15.3. The summed E-state index contributed by atoms with van der Waals surface area (Å²) in [5.41, 5.74) is 1.17. The lowest BCUT2D eigenvalue weighted by molar-refractivity contribution is 0.0797. The van der Waals surface area contributed by atoms with Crippen molar-refractivity contribution in [3.63, 3.8) is 0 Å². The lowest BCUT2D eigenvalue weighted by Gasteiger charge is -2.35. The molecule has 0 amide bonds. The second-order valence-electron chi connectivity index (χ2n) is 7.08. The van der Waals surface area contributed by atoms with E-state index < -0.39 is 0 Å².